The first kappa shape index (κ1) is 14.5. The van der Waals surface area contributed by atoms with Crippen molar-refractivity contribution in [1.29, 1.82) is 0 Å². The quantitative estimate of drug-likeness (QED) is 0.519. The number of carbonyl (C=O) groups is 1. The van der Waals surface area contributed by atoms with Crippen LogP contribution in [0.3, 0.4) is 0 Å². The predicted octanol–water partition coefficient (Wildman–Crippen LogP) is 2.99. The first-order chi connectivity index (χ1) is 10.1. The van der Waals surface area contributed by atoms with Crippen molar-refractivity contribution in [3.63, 3.8) is 0 Å². The highest BCUT2D eigenvalue weighted by Crippen LogP contribution is 2.23. The molecule has 0 radical (unpaired) electrons. The molecule has 2 aromatic rings. The van der Waals surface area contributed by atoms with Crippen LogP contribution in [0.5, 0.6) is 0 Å². The van der Waals surface area contributed by atoms with Crippen molar-refractivity contribution in [3.8, 4) is 0 Å². The van der Waals surface area contributed by atoms with E-state index in [4.69, 9.17) is 0 Å². The third kappa shape index (κ3) is 3.56. The number of methoxy groups -OCH3 is 1. The van der Waals surface area contributed by atoms with Gasteiger partial charge in [-0.3, -0.25) is 10.1 Å². The Bertz CT molecular complexity index is 653. The van der Waals surface area contributed by atoms with Crippen molar-refractivity contribution in [3.05, 3.63) is 69.8 Å². The molecule has 6 heteroatoms. The van der Waals surface area contributed by atoms with Crippen LogP contribution in [0.4, 0.5) is 11.4 Å². The fraction of sp³-hybridized carbons (Fsp3) is 0.133. The van der Waals surface area contributed by atoms with Crippen LogP contribution in [-0.4, -0.2) is 18.0 Å². The van der Waals surface area contributed by atoms with Crippen molar-refractivity contribution < 1.29 is 14.5 Å². The normalized spacial score (nSPS) is 9.95. The van der Waals surface area contributed by atoms with Gasteiger partial charge in [0.2, 0.25) is 0 Å². The van der Waals surface area contributed by atoms with Crippen LogP contribution in [0.2, 0.25) is 0 Å². The maximum absolute atomic E-state index is 11.3. The number of benzene rings is 2. The number of ether oxygens (including phenoxy) is 1. The lowest BCUT2D eigenvalue weighted by Crippen LogP contribution is -2.04. The van der Waals surface area contributed by atoms with Crippen molar-refractivity contribution in [2.45, 2.75) is 6.54 Å². The highest BCUT2D eigenvalue weighted by atomic mass is 16.6. The Morgan fingerprint density at radius 2 is 1.86 bits per heavy atom. The average molecular weight is 286 g/mol. The maximum atomic E-state index is 11.3. The van der Waals surface area contributed by atoms with E-state index >= 15 is 0 Å². The number of anilines is 1. The lowest BCUT2D eigenvalue weighted by Gasteiger charge is -2.07. The lowest BCUT2D eigenvalue weighted by molar-refractivity contribution is -0.384. The number of nitrogens with zero attached hydrogens (tertiary/aromatic N) is 1. The second kappa shape index (κ2) is 6.51. The maximum Gasteiger partial charge on any atom is 0.337 e. The molecule has 0 heterocycles. The molecular weight excluding hydrogens is 272 g/mol. The lowest BCUT2D eigenvalue weighted by atomic mass is 10.1. The average Bonchev–Trinajstić information content (AvgIpc) is 2.52. The van der Waals surface area contributed by atoms with E-state index in [0.717, 1.165) is 5.56 Å². The summed E-state index contributed by atoms with van der Waals surface area (Å²) in [6.45, 7) is 0.423. The van der Waals surface area contributed by atoms with E-state index in [9.17, 15) is 14.9 Å². The largest absolute Gasteiger partial charge is 0.465 e. The van der Waals surface area contributed by atoms with E-state index in [-0.39, 0.29) is 5.69 Å². The smallest absolute Gasteiger partial charge is 0.337 e. The minimum atomic E-state index is -0.428. The monoisotopic (exact) mass is 286 g/mol. The molecule has 0 unspecified atom stereocenters. The Labute approximate surface area is 121 Å². The molecule has 0 aliphatic carbocycles. The van der Waals surface area contributed by atoms with E-state index in [2.05, 4.69) is 10.1 Å². The van der Waals surface area contributed by atoms with Gasteiger partial charge in [0.05, 0.1) is 17.6 Å². The van der Waals surface area contributed by atoms with Crippen LogP contribution >= 0.6 is 0 Å². The van der Waals surface area contributed by atoms with Gasteiger partial charge in [-0.05, 0) is 23.8 Å². The molecule has 0 atom stereocenters. The van der Waals surface area contributed by atoms with Gasteiger partial charge in [0.15, 0.2) is 0 Å². The Kier molecular flexibility index (Phi) is 4.50. The van der Waals surface area contributed by atoms with Crippen molar-refractivity contribution in [2.24, 2.45) is 0 Å². The summed E-state index contributed by atoms with van der Waals surface area (Å²) in [7, 11) is 1.33. The fourth-order valence-electron chi connectivity index (χ4n) is 1.86. The van der Waals surface area contributed by atoms with E-state index < -0.39 is 10.9 Å². The molecule has 2 rings (SSSR count). The summed E-state index contributed by atoms with van der Waals surface area (Å²) >= 11 is 0. The number of para-hydroxylation sites is 2. The van der Waals surface area contributed by atoms with Crippen LogP contribution < -0.4 is 5.32 Å². The summed E-state index contributed by atoms with van der Waals surface area (Å²) in [5.41, 5.74) is 1.86. The zero-order chi connectivity index (χ0) is 15.2. The number of carbonyl (C=O) groups excluding carboxylic acids is 1. The van der Waals surface area contributed by atoms with Gasteiger partial charge in [0, 0.05) is 12.6 Å². The van der Waals surface area contributed by atoms with Crippen LogP contribution in [0.1, 0.15) is 15.9 Å². The summed E-state index contributed by atoms with van der Waals surface area (Å²) in [5.74, 6) is -0.395. The van der Waals surface area contributed by atoms with Crippen molar-refractivity contribution in [2.75, 3.05) is 12.4 Å². The number of rotatable bonds is 5. The van der Waals surface area contributed by atoms with E-state index in [1.165, 1.54) is 13.2 Å². The third-order valence-corrected chi connectivity index (χ3v) is 2.96. The van der Waals surface area contributed by atoms with Gasteiger partial charge < -0.3 is 10.1 Å². The Morgan fingerprint density at radius 3 is 2.48 bits per heavy atom. The van der Waals surface area contributed by atoms with Gasteiger partial charge >= 0.3 is 5.97 Å². The number of nitro benzene ring substituents is 1. The standard InChI is InChI=1S/C15H14N2O4/c1-21-15(18)12-8-6-11(7-9-12)10-16-13-4-2-3-5-14(13)17(19)20/h2-9,16H,10H2,1H3. The first-order valence-corrected chi connectivity index (χ1v) is 6.26. The molecule has 0 amide bonds. The Balaban J connectivity index is 2.07. The molecule has 0 aliphatic heterocycles. The van der Waals surface area contributed by atoms with Gasteiger partial charge in [-0.1, -0.05) is 24.3 Å². The summed E-state index contributed by atoms with van der Waals surface area (Å²) in [6, 6.07) is 13.3. The van der Waals surface area contributed by atoms with E-state index in [1.807, 2.05) is 0 Å². The highest BCUT2D eigenvalue weighted by Gasteiger charge is 2.11. The second-order valence-corrected chi connectivity index (χ2v) is 4.32. The molecule has 0 saturated carbocycles. The number of nitrogens with one attached hydrogen (secondary N) is 1. The number of hydrogen-bond donors (Lipinski definition) is 1. The van der Waals surface area contributed by atoms with Gasteiger partial charge in [-0.15, -0.1) is 0 Å². The molecular formula is C15H14N2O4. The predicted molar refractivity (Wildman–Crippen MR) is 78.2 cm³/mol. The Hall–Kier alpha value is -2.89. The molecule has 1 N–H and O–H groups in total. The molecule has 0 aromatic heterocycles. The zero-order valence-corrected chi connectivity index (χ0v) is 11.4. The van der Waals surface area contributed by atoms with Crippen LogP contribution in [-0.2, 0) is 11.3 Å². The summed E-state index contributed by atoms with van der Waals surface area (Å²) in [4.78, 5) is 21.8. The first-order valence-electron chi connectivity index (χ1n) is 6.26. The fourth-order valence-corrected chi connectivity index (χ4v) is 1.86. The molecule has 6 nitrogen and oxygen atoms in total. The van der Waals surface area contributed by atoms with Gasteiger partial charge in [0.25, 0.3) is 5.69 Å². The van der Waals surface area contributed by atoms with Gasteiger partial charge in [-0.2, -0.15) is 0 Å². The highest BCUT2D eigenvalue weighted by molar-refractivity contribution is 5.89. The summed E-state index contributed by atoms with van der Waals surface area (Å²) < 4.78 is 4.62. The minimum absolute atomic E-state index is 0.0312. The van der Waals surface area contributed by atoms with E-state index in [0.29, 0.717) is 17.8 Å². The SMILES string of the molecule is COC(=O)c1ccc(CNc2ccccc2[N+](=O)[O-])cc1. The van der Waals surface area contributed by atoms with Crippen molar-refractivity contribution in [1.82, 2.24) is 0 Å². The Morgan fingerprint density at radius 1 is 1.19 bits per heavy atom. The molecule has 21 heavy (non-hydrogen) atoms. The van der Waals surface area contributed by atoms with E-state index in [1.54, 1.807) is 42.5 Å². The van der Waals surface area contributed by atoms with Crippen LogP contribution in [0.15, 0.2) is 48.5 Å². The second-order valence-electron chi connectivity index (χ2n) is 4.32. The van der Waals surface area contributed by atoms with Crippen LogP contribution in [0.25, 0.3) is 0 Å². The summed E-state index contributed by atoms with van der Waals surface area (Å²) in [6.07, 6.45) is 0. The molecule has 0 bridgehead atoms. The zero-order valence-electron chi connectivity index (χ0n) is 11.4. The molecule has 0 fully saturated rings. The van der Waals surface area contributed by atoms with Gasteiger partial charge in [0.1, 0.15) is 5.69 Å². The van der Waals surface area contributed by atoms with Crippen molar-refractivity contribution >= 4 is 17.3 Å². The van der Waals surface area contributed by atoms with Gasteiger partial charge in [-0.25, -0.2) is 4.79 Å². The number of hydrogen-bond acceptors (Lipinski definition) is 5. The van der Waals surface area contributed by atoms with Crippen LogP contribution in [0, 0.1) is 10.1 Å². The summed E-state index contributed by atoms with van der Waals surface area (Å²) in [5, 5.41) is 13.9. The third-order valence-electron chi connectivity index (χ3n) is 2.96. The molecule has 0 aliphatic rings. The molecule has 0 saturated heterocycles. The minimum Gasteiger partial charge on any atom is -0.465 e. The topological polar surface area (TPSA) is 81.5 Å². The molecule has 108 valence electrons. The number of nitro groups is 1. The molecule has 2 aromatic carbocycles. The molecule has 0 spiro atoms. The number of esters is 1.